The monoisotopic (exact) mass is 158 g/mol. The van der Waals surface area contributed by atoms with Gasteiger partial charge in [0.2, 0.25) is 0 Å². The molecular weight excluding hydrogens is 148 g/mol. The minimum Gasteiger partial charge on any atom is -0.461 e. The highest BCUT2D eigenvalue weighted by Crippen LogP contribution is 2.29. The number of carbonyl (C=O) groups excluding carboxylic acids is 1. The minimum atomic E-state index is -0.271. The van der Waals surface area contributed by atoms with E-state index in [1.807, 2.05) is 11.8 Å². The number of hydrogen-bond donors (Lipinski definition) is 0. The Labute approximate surface area is 64.6 Å². The average molecular weight is 158 g/mol. The molecule has 0 aromatic carbocycles. The summed E-state index contributed by atoms with van der Waals surface area (Å²) >= 11 is 1.82. The molecule has 0 amide bonds. The minimum absolute atomic E-state index is 0.271. The number of carbonyl (C=O) groups is 1. The van der Waals surface area contributed by atoms with Crippen molar-refractivity contribution >= 4 is 17.7 Å². The van der Waals surface area contributed by atoms with Crippen LogP contribution in [-0.4, -0.2) is 23.6 Å². The van der Waals surface area contributed by atoms with E-state index in [2.05, 4.69) is 6.58 Å². The van der Waals surface area contributed by atoms with Crippen molar-refractivity contribution in [1.82, 2.24) is 0 Å². The molecular formula is C7H10O2S. The largest absolute Gasteiger partial charge is 0.461 e. The quantitative estimate of drug-likeness (QED) is 0.351. The van der Waals surface area contributed by atoms with E-state index in [4.69, 9.17) is 4.74 Å². The lowest BCUT2D eigenvalue weighted by Crippen LogP contribution is -2.09. The molecule has 1 aliphatic heterocycles. The summed E-state index contributed by atoms with van der Waals surface area (Å²) in [5.41, 5.74) is 0.477. The number of thioether (sulfide) groups is 1. The van der Waals surface area contributed by atoms with Gasteiger partial charge >= 0.3 is 5.97 Å². The third kappa shape index (κ3) is 2.43. The third-order valence-electron chi connectivity index (χ3n) is 1.15. The summed E-state index contributed by atoms with van der Waals surface area (Å²) in [4.78, 5) is 10.7. The van der Waals surface area contributed by atoms with E-state index in [-0.39, 0.29) is 5.97 Å². The van der Waals surface area contributed by atoms with Gasteiger partial charge in [0.25, 0.3) is 0 Å². The highest BCUT2D eigenvalue weighted by Gasteiger charge is 2.23. The summed E-state index contributed by atoms with van der Waals surface area (Å²) in [7, 11) is 0. The SMILES string of the molecule is C=C(C)C(=O)OC[C@H]1CS1. The topological polar surface area (TPSA) is 26.3 Å². The van der Waals surface area contributed by atoms with Crippen molar-refractivity contribution in [3.05, 3.63) is 12.2 Å². The smallest absolute Gasteiger partial charge is 0.333 e. The molecule has 1 saturated heterocycles. The Hall–Kier alpha value is -0.440. The second kappa shape index (κ2) is 3.10. The van der Waals surface area contributed by atoms with Crippen LogP contribution in [0.4, 0.5) is 0 Å². The van der Waals surface area contributed by atoms with Crippen molar-refractivity contribution in [2.45, 2.75) is 12.2 Å². The van der Waals surface area contributed by atoms with Crippen LogP contribution in [0.3, 0.4) is 0 Å². The van der Waals surface area contributed by atoms with Crippen LogP contribution in [0.1, 0.15) is 6.92 Å². The second-order valence-corrected chi connectivity index (χ2v) is 3.67. The van der Waals surface area contributed by atoms with Crippen molar-refractivity contribution in [3.8, 4) is 0 Å². The van der Waals surface area contributed by atoms with Gasteiger partial charge < -0.3 is 4.74 Å². The van der Waals surface area contributed by atoms with Gasteiger partial charge in [-0.15, -0.1) is 0 Å². The lowest BCUT2D eigenvalue weighted by atomic mass is 10.4. The molecule has 0 bridgehead atoms. The molecule has 0 unspecified atom stereocenters. The van der Waals surface area contributed by atoms with E-state index in [1.54, 1.807) is 6.92 Å². The first-order valence-corrected chi connectivity index (χ1v) is 4.19. The van der Waals surface area contributed by atoms with Crippen LogP contribution in [0.15, 0.2) is 12.2 Å². The molecule has 1 atom stereocenters. The van der Waals surface area contributed by atoms with Gasteiger partial charge in [0.15, 0.2) is 0 Å². The first kappa shape index (κ1) is 7.66. The fourth-order valence-corrected chi connectivity index (χ4v) is 0.853. The molecule has 0 radical (unpaired) electrons. The average Bonchev–Trinajstić information content (AvgIpc) is 2.64. The van der Waals surface area contributed by atoms with Crippen LogP contribution in [-0.2, 0) is 9.53 Å². The maximum Gasteiger partial charge on any atom is 0.333 e. The van der Waals surface area contributed by atoms with E-state index >= 15 is 0 Å². The molecule has 0 aromatic rings. The van der Waals surface area contributed by atoms with Crippen molar-refractivity contribution in [3.63, 3.8) is 0 Å². The molecule has 1 aliphatic rings. The molecule has 0 spiro atoms. The molecule has 0 aromatic heterocycles. The first-order chi connectivity index (χ1) is 4.70. The molecule has 1 rings (SSSR count). The van der Waals surface area contributed by atoms with Gasteiger partial charge in [-0.1, -0.05) is 6.58 Å². The first-order valence-electron chi connectivity index (χ1n) is 3.14. The maximum absolute atomic E-state index is 10.7. The van der Waals surface area contributed by atoms with Crippen molar-refractivity contribution in [2.24, 2.45) is 0 Å². The molecule has 56 valence electrons. The molecule has 2 nitrogen and oxygen atoms in total. The number of hydrogen-bond acceptors (Lipinski definition) is 3. The van der Waals surface area contributed by atoms with Gasteiger partial charge in [0.05, 0.1) is 0 Å². The summed E-state index contributed by atoms with van der Waals surface area (Å²) in [6, 6.07) is 0. The lowest BCUT2D eigenvalue weighted by molar-refractivity contribution is -0.138. The predicted octanol–water partition coefficient (Wildman–Crippen LogP) is 1.22. The highest BCUT2D eigenvalue weighted by molar-refractivity contribution is 8.06. The second-order valence-electron chi connectivity index (χ2n) is 2.33. The maximum atomic E-state index is 10.7. The zero-order valence-corrected chi connectivity index (χ0v) is 6.74. The zero-order chi connectivity index (χ0) is 7.56. The van der Waals surface area contributed by atoms with Crippen LogP contribution in [0, 0.1) is 0 Å². The normalized spacial score (nSPS) is 21.9. The Balaban J connectivity index is 2.11. The van der Waals surface area contributed by atoms with Crippen molar-refractivity contribution < 1.29 is 9.53 Å². The standard InChI is InChI=1S/C7H10O2S/c1-5(2)7(8)9-3-6-4-10-6/h6H,1,3-4H2,2H3/t6-/m0/s1. The van der Waals surface area contributed by atoms with Crippen LogP contribution >= 0.6 is 11.8 Å². The van der Waals surface area contributed by atoms with Gasteiger partial charge in [0, 0.05) is 16.6 Å². The Bertz CT molecular complexity index is 161. The Kier molecular flexibility index (Phi) is 2.38. The molecule has 0 N–H and O–H groups in total. The molecule has 0 saturated carbocycles. The van der Waals surface area contributed by atoms with Gasteiger partial charge in [-0.2, -0.15) is 11.8 Å². The Morgan fingerprint density at radius 2 is 2.50 bits per heavy atom. The molecule has 3 heteroatoms. The van der Waals surface area contributed by atoms with E-state index in [0.29, 0.717) is 17.4 Å². The predicted molar refractivity (Wildman–Crippen MR) is 42.0 cm³/mol. The highest BCUT2D eigenvalue weighted by atomic mass is 32.2. The van der Waals surface area contributed by atoms with Gasteiger partial charge in [-0.05, 0) is 6.92 Å². The van der Waals surface area contributed by atoms with E-state index in [9.17, 15) is 4.79 Å². The molecule has 10 heavy (non-hydrogen) atoms. The molecule has 1 heterocycles. The van der Waals surface area contributed by atoms with E-state index in [0.717, 1.165) is 5.75 Å². The third-order valence-corrected chi connectivity index (χ3v) is 2.09. The van der Waals surface area contributed by atoms with E-state index in [1.165, 1.54) is 0 Å². The summed E-state index contributed by atoms with van der Waals surface area (Å²) < 4.78 is 4.87. The molecule has 0 aliphatic carbocycles. The lowest BCUT2D eigenvalue weighted by Gasteiger charge is -2.00. The summed E-state index contributed by atoms with van der Waals surface area (Å²) in [6.45, 7) is 5.68. The summed E-state index contributed by atoms with van der Waals surface area (Å²) in [5, 5.41) is 0.559. The Morgan fingerprint density at radius 1 is 1.90 bits per heavy atom. The zero-order valence-electron chi connectivity index (χ0n) is 5.92. The summed E-state index contributed by atoms with van der Waals surface area (Å²) in [5.74, 6) is 0.858. The van der Waals surface area contributed by atoms with Crippen molar-refractivity contribution in [2.75, 3.05) is 12.4 Å². The van der Waals surface area contributed by atoms with Gasteiger partial charge in [-0.25, -0.2) is 4.79 Å². The van der Waals surface area contributed by atoms with Crippen LogP contribution in [0.25, 0.3) is 0 Å². The van der Waals surface area contributed by atoms with Crippen LogP contribution in [0.5, 0.6) is 0 Å². The van der Waals surface area contributed by atoms with E-state index < -0.39 is 0 Å². The van der Waals surface area contributed by atoms with Crippen LogP contribution < -0.4 is 0 Å². The van der Waals surface area contributed by atoms with Gasteiger partial charge in [-0.3, -0.25) is 0 Å². The summed E-state index contributed by atoms with van der Waals surface area (Å²) in [6.07, 6.45) is 0. The van der Waals surface area contributed by atoms with Crippen molar-refractivity contribution in [1.29, 1.82) is 0 Å². The number of rotatable bonds is 3. The number of ether oxygens (including phenoxy) is 1. The fraction of sp³-hybridized carbons (Fsp3) is 0.571. The van der Waals surface area contributed by atoms with Crippen LogP contribution in [0.2, 0.25) is 0 Å². The Morgan fingerprint density at radius 3 is 2.90 bits per heavy atom. The number of esters is 1. The molecule has 1 fully saturated rings. The van der Waals surface area contributed by atoms with Gasteiger partial charge in [0.1, 0.15) is 6.61 Å². The fourth-order valence-electron chi connectivity index (χ4n) is 0.456.